The molecule has 0 saturated heterocycles. The summed E-state index contributed by atoms with van der Waals surface area (Å²) in [6, 6.07) is 15.6. The molecule has 1 saturated carbocycles. The summed E-state index contributed by atoms with van der Waals surface area (Å²) >= 11 is 0. The van der Waals surface area contributed by atoms with Crippen LogP contribution in [0.4, 0.5) is 0 Å². The predicted octanol–water partition coefficient (Wildman–Crippen LogP) is 4.19. The van der Waals surface area contributed by atoms with Gasteiger partial charge in [-0.05, 0) is 30.4 Å². The molecule has 0 radical (unpaired) electrons. The molecule has 2 aromatic carbocycles. The zero-order valence-electron chi connectivity index (χ0n) is 14.7. The second kappa shape index (κ2) is 6.45. The molecule has 3 aromatic rings. The first-order chi connectivity index (χ1) is 12.7. The average molecular weight is 347 g/mol. The number of benzene rings is 2. The Labute approximate surface area is 152 Å². The molecule has 1 fully saturated rings. The Morgan fingerprint density at radius 3 is 2.54 bits per heavy atom. The fourth-order valence-electron chi connectivity index (χ4n) is 3.58. The number of ether oxygens (including phenoxy) is 1. The predicted molar refractivity (Wildman–Crippen MR) is 100 cm³/mol. The molecule has 0 spiro atoms. The van der Waals surface area contributed by atoms with Crippen molar-refractivity contribution in [1.82, 2.24) is 4.98 Å². The van der Waals surface area contributed by atoms with Crippen LogP contribution in [0.15, 0.2) is 54.7 Å². The van der Waals surface area contributed by atoms with Crippen molar-refractivity contribution in [3.63, 3.8) is 0 Å². The highest BCUT2D eigenvalue weighted by atomic mass is 16.5. The normalized spacial score (nSPS) is 15.0. The lowest BCUT2D eigenvalue weighted by Gasteiger charge is -2.14. The quantitative estimate of drug-likeness (QED) is 0.537. The monoisotopic (exact) mass is 347 g/mol. The number of aromatic amines is 1. The van der Waals surface area contributed by atoms with E-state index in [1.807, 2.05) is 48.5 Å². The van der Waals surface area contributed by atoms with E-state index in [4.69, 9.17) is 4.74 Å². The number of aromatic nitrogens is 1. The van der Waals surface area contributed by atoms with E-state index in [1.165, 1.54) is 5.56 Å². The molecule has 4 nitrogen and oxygen atoms in total. The molecule has 1 aliphatic carbocycles. The van der Waals surface area contributed by atoms with Crippen LogP contribution in [0, 0.1) is 0 Å². The van der Waals surface area contributed by atoms with Gasteiger partial charge in [0.2, 0.25) is 5.78 Å². The minimum absolute atomic E-state index is 0.179. The van der Waals surface area contributed by atoms with Crippen molar-refractivity contribution in [2.45, 2.75) is 31.6 Å². The first-order valence-electron chi connectivity index (χ1n) is 9.00. The molecule has 132 valence electrons. The highest BCUT2D eigenvalue weighted by molar-refractivity contribution is 6.09. The van der Waals surface area contributed by atoms with Crippen molar-refractivity contribution < 1.29 is 14.3 Å². The van der Waals surface area contributed by atoms with Gasteiger partial charge in [-0.25, -0.2) is 0 Å². The van der Waals surface area contributed by atoms with E-state index in [-0.39, 0.29) is 18.4 Å². The number of ketones is 1. The fourth-order valence-corrected chi connectivity index (χ4v) is 3.58. The summed E-state index contributed by atoms with van der Waals surface area (Å²) < 4.78 is 5.41. The Morgan fingerprint density at radius 2 is 1.85 bits per heavy atom. The number of carbonyl (C=O) groups is 2. The van der Waals surface area contributed by atoms with Gasteiger partial charge in [-0.1, -0.05) is 55.5 Å². The molecule has 4 rings (SSSR count). The van der Waals surface area contributed by atoms with Crippen LogP contribution in [0.1, 0.15) is 41.3 Å². The molecule has 4 heteroatoms. The van der Waals surface area contributed by atoms with Gasteiger partial charge in [0.05, 0.1) is 5.41 Å². The van der Waals surface area contributed by atoms with Gasteiger partial charge in [0, 0.05) is 22.7 Å². The molecule has 0 bridgehead atoms. The molecule has 1 N–H and O–H groups in total. The number of H-pyrrole nitrogens is 1. The third-order valence-corrected chi connectivity index (χ3v) is 5.28. The highest BCUT2D eigenvalue weighted by Gasteiger charge is 2.52. The van der Waals surface area contributed by atoms with Gasteiger partial charge in [-0.2, -0.15) is 0 Å². The Morgan fingerprint density at radius 1 is 1.08 bits per heavy atom. The molecular weight excluding hydrogens is 326 g/mol. The van der Waals surface area contributed by atoms with E-state index in [9.17, 15) is 9.59 Å². The third-order valence-electron chi connectivity index (χ3n) is 5.28. The fraction of sp³-hybridized carbons (Fsp3) is 0.273. The minimum atomic E-state index is -0.558. The van der Waals surface area contributed by atoms with Gasteiger partial charge >= 0.3 is 5.97 Å². The van der Waals surface area contributed by atoms with Crippen molar-refractivity contribution in [2.24, 2.45) is 0 Å². The number of Topliss-reactive ketones (excluding diaryl/α,β-unsaturated/α-hetero) is 1. The van der Waals surface area contributed by atoms with Gasteiger partial charge in [0.1, 0.15) is 0 Å². The van der Waals surface area contributed by atoms with Crippen LogP contribution in [0.5, 0.6) is 0 Å². The number of carbonyl (C=O) groups excluding carboxylic acids is 2. The Bertz CT molecular complexity index is 967. The number of hydrogen-bond donors (Lipinski definition) is 1. The van der Waals surface area contributed by atoms with Crippen molar-refractivity contribution in [3.8, 4) is 0 Å². The summed E-state index contributed by atoms with van der Waals surface area (Å²) in [5, 5.41) is 0.884. The van der Waals surface area contributed by atoms with Gasteiger partial charge in [-0.15, -0.1) is 0 Å². The summed E-state index contributed by atoms with van der Waals surface area (Å²) in [6.07, 6.45) is 4.15. The van der Waals surface area contributed by atoms with Gasteiger partial charge < -0.3 is 9.72 Å². The Kier molecular flexibility index (Phi) is 4.11. The molecule has 0 atom stereocenters. The number of para-hydroxylation sites is 1. The van der Waals surface area contributed by atoms with Crippen LogP contribution < -0.4 is 0 Å². The maximum atomic E-state index is 12.6. The summed E-state index contributed by atoms with van der Waals surface area (Å²) in [7, 11) is 0. The van der Waals surface area contributed by atoms with E-state index in [1.54, 1.807) is 6.20 Å². The van der Waals surface area contributed by atoms with Crippen molar-refractivity contribution >= 4 is 22.7 Å². The number of aryl methyl sites for hydroxylation is 1. The van der Waals surface area contributed by atoms with E-state index in [0.717, 1.165) is 35.7 Å². The number of esters is 1. The average Bonchev–Trinajstić information content (AvgIpc) is 3.39. The molecule has 1 heterocycles. The first-order valence-corrected chi connectivity index (χ1v) is 9.00. The second-order valence-corrected chi connectivity index (χ2v) is 6.84. The lowest BCUT2D eigenvalue weighted by molar-refractivity contribution is -0.145. The second-order valence-electron chi connectivity index (χ2n) is 6.84. The maximum absolute atomic E-state index is 12.6. The van der Waals surface area contributed by atoms with E-state index in [0.29, 0.717) is 5.56 Å². The van der Waals surface area contributed by atoms with E-state index in [2.05, 4.69) is 11.9 Å². The van der Waals surface area contributed by atoms with Crippen molar-refractivity contribution in [2.75, 3.05) is 6.61 Å². The largest absolute Gasteiger partial charge is 0.457 e. The van der Waals surface area contributed by atoms with Crippen LogP contribution in [0.3, 0.4) is 0 Å². The minimum Gasteiger partial charge on any atom is -0.457 e. The number of rotatable bonds is 6. The van der Waals surface area contributed by atoms with Crippen LogP contribution in [0.25, 0.3) is 10.9 Å². The third kappa shape index (κ3) is 2.71. The first kappa shape index (κ1) is 16.6. The summed E-state index contributed by atoms with van der Waals surface area (Å²) in [5.74, 6) is -0.479. The summed E-state index contributed by atoms with van der Waals surface area (Å²) in [4.78, 5) is 28.4. The summed E-state index contributed by atoms with van der Waals surface area (Å²) in [6.45, 7) is 1.86. The van der Waals surface area contributed by atoms with Gasteiger partial charge in [0.15, 0.2) is 6.61 Å². The molecule has 1 aliphatic rings. The Balaban J connectivity index is 1.49. The number of fused-ring (bicyclic) bond motifs is 1. The van der Waals surface area contributed by atoms with E-state index >= 15 is 0 Å². The standard InChI is InChI=1S/C22H21NO3/c1-2-15-7-6-10-17-18(13-23-20(15)17)19(24)14-26-21(25)22(11-12-22)16-8-4-3-5-9-16/h3-10,13,23H,2,11-12,14H2,1H3. The smallest absolute Gasteiger partial charge is 0.317 e. The summed E-state index contributed by atoms with van der Waals surface area (Å²) in [5.41, 5.74) is 3.13. The topological polar surface area (TPSA) is 59.2 Å². The number of hydrogen-bond acceptors (Lipinski definition) is 3. The van der Waals surface area contributed by atoms with Crippen molar-refractivity contribution in [3.05, 3.63) is 71.4 Å². The zero-order chi connectivity index (χ0) is 18.1. The molecular formula is C22H21NO3. The zero-order valence-corrected chi connectivity index (χ0v) is 14.7. The molecule has 1 aromatic heterocycles. The maximum Gasteiger partial charge on any atom is 0.317 e. The number of nitrogens with one attached hydrogen (secondary N) is 1. The van der Waals surface area contributed by atoms with Crippen LogP contribution in [0.2, 0.25) is 0 Å². The lowest BCUT2D eigenvalue weighted by Crippen LogP contribution is -2.25. The molecule has 0 aliphatic heterocycles. The van der Waals surface area contributed by atoms with Crippen LogP contribution in [-0.4, -0.2) is 23.3 Å². The highest BCUT2D eigenvalue weighted by Crippen LogP contribution is 2.49. The van der Waals surface area contributed by atoms with Gasteiger partial charge in [0.25, 0.3) is 0 Å². The van der Waals surface area contributed by atoms with Gasteiger partial charge in [-0.3, -0.25) is 9.59 Å². The lowest BCUT2D eigenvalue weighted by atomic mass is 9.96. The van der Waals surface area contributed by atoms with E-state index < -0.39 is 5.41 Å². The Hall–Kier alpha value is -2.88. The molecule has 0 unspecified atom stereocenters. The molecule has 0 amide bonds. The van der Waals surface area contributed by atoms with Crippen LogP contribution in [-0.2, 0) is 21.4 Å². The van der Waals surface area contributed by atoms with Crippen LogP contribution >= 0.6 is 0 Å². The van der Waals surface area contributed by atoms with Crippen molar-refractivity contribution in [1.29, 1.82) is 0 Å². The molecule has 26 heavy (non-hydrogen) atoms. The SMILES string of the molecule is CCc1cccc2c(C(=O)COC(=O)C3(c4ccccc4)CC3)c[nH]c12.